The molecule has 0 atom stereocenters. The molecule has 2 aromatic carbocycles. The molecule has 1 amide bonds. The van der Waals surface area contributed by atoms with Gasteiger partial charge in [0.1, 0.15) is 11.3 Å². The first-order chi connectivity index (χ1) is 12.6. The Hall–Kier alpha value is -3.15. The van der Waals surface area contributed by atoms with Gasteiger partial charge in [-0.1, -0.05) is 18.2 Å². The third-order valence-corrected chi connectivity index (χ3v) is 4.28. The lowest BCUT2D eigenvalue weighted by Crippen LogP contribution is -2.23. The quantitative estimate of drug-likeness (QED) is 0.730. The summed E-state index contributed by atoms with van der Waals surface area (Å²) in [5.41, 5.74) is 2.28. The molecule has 0 unspecified atom stereocenters. The van der Waals surface area contributed by atoms with E-state index in [9.17, 15) is 4.79 Å². The number of furan rings is 1. The zero-order valence-corrected chi connectivity index (χ0v) is 15.2. The summed E-state index contributed by atoms with van der Waals surface area (Å²) in [4.78, 5) is 12.6. The zero-order valence-electron chi connectivity index (χ0n) is 15.2. The van der Waals surface area contributed by atoms with E-state index in [1.165, 1.54) is 0 Å². The highest BCUT2D eigenvalue weighted by molar-refractivity contribution is 5.98. The van der Waals surface area contributed by atoms with Crippen molar-refractivity contribution >= 4 is 16.9 Å². The Morgan fingerprint density at radius 3 is 2.31 bits per heavy atom. The van der Waals surface area contributed by atoms with Gasteiger partial charge in [-0.15, -0.1) is 0 Å². The molecule has 26 heavy (non-hydrogen) atoms. The molecule has 6 heteroatoms. The highest BCUT2D eigenvalue weighted by Crippen LogP contribution is 2.34. The van der Waals surface area contributed by atoms with Crippen molar-refractivity contribution in [2.75, 3.05) is 21.3 Å². The van der Waals surface area contributed by atoms with E-state index in [1.54, 1.807) is 33.5 Å². The number of ether oxygens (including phenoxy) is 3. The predicted molar refractivity (Wildman–Crippen MR) is 98.2 cm³/mol. The molecule has 0 radical (unpaired) electrons. The van der Waals surface area contributed by atoms with E-state index < -0.39 is 0 Å². The van der Waals surface area contributed by atoms with Crippen LogP contribution in [0, 0.1) is 6.92 Å². The lowest BCUT2D eigenvalue weighted by atomic mass is 10.1. The number of benzene rings is 2. The number of amides is 1. The summed E-state index contributed by atoms with van der Waals surface area (Å²) in [5, 5.41) is 3.80. The van der Waals surface area contributed by atoms with Gasteiger partial charge in [-0.2, -0.15) is 0 Å². The van der Waals surface area contributed by atoms with Gasteiger partial charge in [0.05, 0.1) is 21.3 Å². The maximum Gasteiger partial charge on any atom is 0.287 e. The molecule has 1 aromatic heterocycles. The fraction of sp³-hybridized carbons (Fsp3) is 0.250. The van der Waals surface area contributed by atoms with Gasteiger partial charge in [0.2, 0.25) is 0 Å². The number of hydrogen-bond donors (Lipinski definition) is 1. The predicted octanol–water partition coefficient (Wildman–Crippen LogP) is 3.70. The van der Waals surface area contributed by atoms with E-state index in [0.29, 0.717) is 28.6 Å². The minimum atomic E-state index is -0.282. The average molecular weight is 355 g/mol. The van der Waals surface area contributed by atoms with Crippen LogP contribution in [0.3, 0.4) is 0 Å². The average Bonchev–Trinajstić information content (AvgIpc) is 3.02. The summed E-state index contributed by atoms with van der Waals surface area (Å²) in [6, 6.07) is 11.1. The number of methoxy groups -OCH3 is 3. The Labute approximate surface area is 151 Å². The van der Waals surface area contributed by atoms with Crippen LogP contribution in [0.2, 0.25) is 0 Å². The van der Waals surface area contributed by atoms with E-state index in [2.05, 4.69) is 5.32 Å². The molecular weight excluding hydrogens is 334 g/mol. The number of carbonyl (C=O) groups excluding carboxylic acids is 1. The molecule has 0 aliphatic heterocycles. The molecular formula is C20H21NO5. The monoisotopic (exact) mass is 355 g/mol. The lowest BCUT2D eigenvalue weighted by Gasteiger charge is -2.14. The maximum absolute atomic E-state index is 12.6. The van der Waals surface area contributed by atoms with E-state index in [-0.39, 0.29) is 12.5 Å². The van der Waals surface area contributed by atoms with Gasteiger partial charge in [0.25, 0.3) is 5.91 Å². The van der Waals surface area contributed by atoms with Crippen LogP contribution >= 0.6 is 0 Å². The van der Waals surface area contributed by atoms with Crippen LogP contribution in [0.1, 0.15) is 21.7 Å². The molecule has 3 rings (SSSR count). The van der Waals surface area contributed by atoms with Crippen LogP contribution in [0.25, 0.3) is 11.0 Å². The number of rotatable bonds is 6. The topological polar surface area (TPSA) is 69.9 Å². The van der Waals surface area contributed by atoms with E-state index in [1.807, 2.05) is 31.2 Å². The van der Waals surface area contributed by atoms with Crippen LogP contribution < -0.4 is 19.5 Å². The van der Waals surface area contributed by atoms with E-state index in [0.717, 1.165) is 16.5 Å². The largest absolute Gasteiger partial charge is 0.496 e. The van der Waals surface area contributed by atoms with Gasteiger partial charge in [0.15, 0.2) is 17.3 Å². The van der Waals surface area contributed by atoms with Crippen LogP contribution in [-0.2, 0) is 6.54 Å². The second-order valence-electron chi connectivity index (χ2n) is 5.75. The minimum absolute atomic E-state index is 0.263. The molecule has 6 nitrogen and oxygen atoms in total. The van der Waals surface area contributed by atoms with Gasteiger partial charge in [-0.25, -0.2) is 0 Å². The Morgan fingerprint density at radius 2 is 1.65 bits per heavy atom. The Kier molecular flexibility index (Phi) is 5.02. The molecule has 0 aliphatic rings. The molecule has 1 N–H and O–H groups in total. The lowest BCUT2D eigenvalue weighted by molar-refractivity contribution is 0.0924. The van der Waals surface area contributed by atoms with Crippen molar-refractivity contribution in [3.8, 4) is 17.2 Å². The normalized spacial score (nSPS) is 10.6. The third kappa shape index (κ3) is 3.18. The van der Waals surface area contributed by atoms with Gasteiger partial charge in [-0.05, 0) is 19.1 Å². The molecule has 0 bridgehead atoms. The van der Waals surface area contributed by atoms with Crippen molar-refractivity contribution in [1.29, 1.82) is 0 Å². The van der Waals surface area contributed by atoms with Crippen molar-refractivity contribution in [2.45, 2.75) is 13.5 Å². The van der Waals surface area contributed by atoms with Gasteiger partial charge < -0.3 is 23.9 Å². The van der Waals surface area contributed by atoms with Crippen LogP contribution in [0.15, 0.2) is 40.8 Å². The van der Waals surface area contributed by atoms with Crippen molar-refractivity contribution in [3.63, 3.8) is 0 Å². The SMILES string of the molecule is COc1cc(OC)c(OC)cc1CNC(=O)c1oc2ccccc2c1C. The van der Waals surface area contributed by atoms with Crippen molar-refractivity contribution in [3.05, 3.63) is 53.3 Å². The first-order valence-corrected chi connectivity index (χ1v) is 8.14. The number of fused-ring (bicyclic) bond motifs is 1. The molecule has 0 aliphatic carbocycles. The molecule has 3 aromatic rings. The van der Waals surface area contributed by atoms with Crippen molar-refractivity contribution < 1.29 is 23.4 Å². The number of hydrogen-bond acceptors (Lipinski definition) is 5. The second-order valence-corrected chi connectivity index (χ2v) is 5.75. The van der Waals surface area contributed by atoms with Crippen molar-refractivity contribution in [1.82, 2.24) is 5.32 Å². The smallest absolute Gasteiger partial charge is 0.287 e. The van der Waals surface area contributed by atoms with Gasteiger partial charge in [-0.3, -0.25) is 4.79 Å². The fourth-order valence-electron chi connectivity index (χ4n) is 2.88. The molecule has 136 valence electrons. The first kappa shape index (κ1) is 17.7. The number of para-hydroxylation sites is 1. The first-order valence-electron chi connectivity index (χ1n) is 8.14. The Morgan fingerprint density at radius 1 is 1.00 bits per heavy atom. The minimum Gasteiger partial charge on any atom is -0.496 e. The van der Waals surface area contributed by atoms with Gasteiger partial charge >= 0.3 is 0 Å². The van der Waals surface area contributed by atoms with Crippen LogP contribution in [-0.4, -0.2) is 27.2 Å². The van der Waals surface area contributed by atoms with Gasteiger partial charge in [0, 0.05) is 29.1 Å². The number of nitrogens with one attached hydrogen (secondary N) is 1. The Balaban J connectivity index is 1.83. The summed E-state index contributed by atoms with van der Waals surface area (Å²) in [6.45, 7) is 2.14. The fourth-order valence-corrected chi connectivity index (χ4v) is 2.88. The summed E-state index contributed by atoms with van der Waals surface area (Å²) in [6.07, 6.45) is 0. The second kappa shape index (κ2) is 7.39. The van der Waals surface area contributed by atoms with Crippen LogP contribution in [0.5, 0.6) is 17.2 Å². The molecule has 1 heterocycles. The summed E-state index contributed by atoms with van der Waals surface area (Å²) in [5.74, 6) is 1.76. The molecule has 0 saturated carbocycles. The highest BCUT2D eigenvalue weighted by Gasteiger charge is 2.18. The Bertz CT molecular complexity index is 945. The number of carbonyl (C=O) groups is 1. The van der Waals surface area contributed by atoms with E-state index in [4.69, 9.17) is 18.6 Å². The van der Waals surface area contributed by atoms with Crippen molar-refractivity contribution in [2.24, 2.45) is 0 Å². The summed E-state index contributed by atoms with van der Waals surface area (Å²) >= 11 is 0. The summed E-state index contributed by atoms with van der Waals surface area (Å²) < 4.78 is 21.7. The maximum atomic E-state index is 12.6. The standard InChI is InChI=1S/C20H21NO5/c1-12-14-7-5-6-8-15(14)26-19(12)20(22)21-11-13-9-17(24-3)18(25-4)10-16(13)23-2/h5-10H,11H2,1-4H3,(H,21,22). The third-order valence-electron chi connectivity index (χ3n) is 4.28. The number of aryl methyl sites for hydroxylation is 1. The molecule has 0 spiro atoms. The molecule has 0 fully saturated rings. The zero-order chi connectivity index (χ0) is 18.7. The highest BCUT2D eigenvalue weighted by atomic mass is 16.5. The summed E-state index contributed by atoms with van der Waals surface area (Å²) in [7, 11) is 4.68. The molecule has 0 saturated heterocycles. The van der Waals surface area contributed by atoms with E-state index >= 15 is 0 Å². The van der Waals surface area contributed by atoms with Crippen LogP contribution in [0.4, 0.5) is 0 Å².